The van der Waals surface area contributed by atoms with Gasteiger partial charge < -0.3 is 5.11 Å². The fraction of sp³-hybridized carbons (Fsp3) is 1.00. The monoisotopic (exact) mass is 155 g/mol. The van der Waals surface area contributed by atoms with Crippen molar-refractivity contribution >= 4 is 0 Å². The van der Waals surface area contributed by atoms with E-state index >= 15 is 0 Å². The van der Waals surface area contributed by atoms with Crippen LogP contribution in [0.5, 0.6) is 0 Å². The van der Waals surface area contributed by atoms with Crippen molar-refractivity contribution in [2.45, 2.75) is 44.2 Å². The van der Waals surface area contributed by atoms with Crippen LogP contribution >= 0.6 is 0 Å². The molecule has 2 heteroatoms. The van der Waals surface area contributed by atoms with E-state index in [2.05, 4.69) is 4.90 Å². The number of likely N-dealkylation sites (tertiary alicyclic amines) is 1. The van der Waals surface area contributed by atoms with E-state index < -0.39 is 5.72 Å². The van der Waals surface area contributed by atoms with Gasteiger partial charge in [0.1, 0.15) is 5.72 Å². The van der Waals surface area contributed by atoms with Crippen molar-refractivity contribution in [2.75, 3.05) is 13.1 Å². The summed E-state index contributed by atoms with van der Waals surface area (Å²) in [7, 11) is 0. The molecule has 0 bridgehead atoms. The lowest BCUT2D eigenvalue weighted by molar-refractivity contribution is -0.0908. The van der Waals surface area contributed by atoms with Gasteiger partial charge in [-0.2, -0.15) is 0 Å². The van der Waals surface area contributed by atoms with Crippen LogP contribution in [-0.4, -0.2) is 28.8 Å². The Morgan fingerprint density at radius 2 is 1.45 bits per heavy atom. The van der Waals surface area contributed by atoms with Crippen molar-refractivity contribution in [1.29, 1.82) is 0 Å². The lowest BCUT2D eigenvalue weighted by atomic mass is 10.1. The average Bonchev–Trinajstić information content (AvgIpc) is 2.55. The van der Waals surface area contributed by atoms with Gasteiger partial charge in [0.15, 0.2) is 0 Å². The van der Waals surface area contributed by atoms with Crippen molar-refractivity contribution in [3.8, 4) is 0 Å². The molecule has 0 unspecified atom stereocenters. The lowest BCUT2D eigenvalue weighted by Crippen LogP contribution is -2.44. The van der Waals surface area contributed by atoms with Crippen molar-refractivity contribution in [3.05, 3.63) is 0 Å². The van der Waals surface area contributed by atoms with Gasteiger partial charge in [0, 0.05) is 13.1 Å². The van der Waals surface area contributed by atoms with Crippen LogP contribution < -0.4 is 0 Å². The van der Waals surface area contributed by atoms with E-state index in [4.69, 9.17) is 0 Å². The first-order chi connectivity index (χ1) is 5.31. The van der Waals surface area contributed by atoms with Crippen molar-refractivity contribution < 1.29 is 5.11 Å². The molecule has 0 radical (unpaired) electrons. The predicted molar refractivity (Wildman–Crippen MR) is 44.2 cm³/mol. The fourth-order valence-electron chi connectivity index (χ4n) is 2.39. The Hall–Kier alpha value is -0.0800. The van der Waals surface area contributed by atoms with Gasteiger partial charge in [0.25, 0.3) is 0 Å². The van der Waals surface area contributed by atoms with E-state index in [0.717, 1.165) is 25.9 Å². The molecule has 1 saturated carbocycles. The van der Waals surface area contributed by atoms with E-state index in [9.17, 15) is 5.11 Å². The summed E-state index contributed by atoms with van der Waals surface area (Å²) in [5, 5.41) is 10.1. The van der Waals surface area contributed by atoms with Crippen LogP contribution in [-0.2, 0) is 0 Å². The molecule has 0 aromatic heterocycles. The Kier molecular flexibility index (Phi) is 1.90. The highest BCUT2D eigenvalue weighted by molar-refractivity contribution is 4.86. The minimum atomic E-state index is -0.392. The SMILES string of the molecule is OC1(N2CCCC2)CCCC1. The third-order valence-corrected chi connectivity index (χ3v) is 3.10. The Morgan fingerprint density at radius 3 is 2.00 bits per heavy atom. The van der Waals surface area contributed by atoms with E-state index in [0.29, 0.717) is 0 Å². The topological polar surface area (TPSA) is 23.5 Å². The van der Waals surface area contributed by atoms with E-state index in [1.807, 2.05) is 0 Å². The Labute approximate surface area is 68.2 Å². The Bertz CT molecular complexity index is 134. The molecule has 0 spiro atoms. The summed E-state index contributed by atoms with van der Waals surface area (Å²) >= 11 is 0. The zero-order chi connectivity index (χ0) is 7.73. The zero-order valence-corrected chi connectivity index (χ0v) is 7.05. The molecule has 2 fully saturated rings. The molecule has 64 valence electrons. The first-order valence-corrected chi connectivity index (χ1v) is 4.79. The molecule has 0 aromatic carbocycles. The highest BCUT2D eigenvalue weighted by Gasteiger charge is 2.38. The molecular weight excluding hydrogens is 138 g/mol. The van der Waals surface area contributed by atoms with Crippen molar-refractivity contribution in [2.24, 2.45) is 0 Å². The largest absolute Gasteiger partial charge is 0.376 e. The first-order valence-electron chi connectivity index (χ1n) is 4.79. The summed E-state index contributed by atoms with van der Waals surface area (Å²) in [6.45, 7) is 2.24. The van der Waals surface area contributed by atoms with Gasteiger partial charge in [-0.05, 0) is 38.5 Å². The molecule has 1 heterocycles. The van der Waals surface area contributed by atoms with Gasteiger partial charge in [-0.15, -0.1) is 0 Å². The van der Waals surface area contributed by atoms with Crippen LogP contribution in [0.2, 0.25) is 0 Å². The summed E-state index contributed by atoms with van der Waals surface area (Å²) in [6.07, 6.45) is 7.00. The maximum absolute atomic E-state index is 10.1. The number of aliphatic hydroxyl groups is 1. The zero-order valence-electron chi connectivity index (χ0n) is 7.05. The van der Waals surface area contributed by atoms with Gasteiger partial charge >= 0.3 is 0 Å². The average molecular weight is 155 g/mol. The van der Waals surface area contributed by atoms with Gasteiger partial charge in [0.05, 0.1) is 0 Å². The van der Waals surface area contributed by atoms with Crippen LogP contribution in [0.25, 0.3) is 0 Å². The van der Waals surface area contributed by atoms with Crippen LogP contribution in [0, 0.1) is 0 Å². The van der Waals surface area contributed by atoms with Crippen molar-refractivity contribution in [3.63, 3.8) is 0 Å². The maximum atomic E-state index is 10.1. The second-order valence-corrected chi connectivity index (χ2v) is 3.88. The second-order valence-electron chi connectivity index (χ2n) is 3.88. The summed E-state index contributed by atoms with van der Waals surface area (Å²) in [6, 6.07) is 0. The highest BCUT2D eigenvalue weighted by Crippen LogP contribution is 2.34. The fourth-order valence-corrected chi connectivity index (χ4v) is 2.39. The number of hydrogen-bond acceptors (Lipinski definition) is 2. The van der Waals surface area contributed by atoms with E-state index in [-0.39, 0.29) is 0 Å². The summed E-state index contributed by atoms with van der Waals surface area (Å²) in [4.78, 5) is 2.28. The first kappa shape index (κ1) is 7.56. The predicted octanol–water partition coefficient (Wildman–Crippen LogP) is 1.34. The standard InChI is InChI=1S/C9H17NO/c11-9(5-1-2-6-9)10-7-3-4-8-10/h11H,1-8H2. The van der Waals surface area contributed by atoms with Gasteiger partial charge in [-0.3, -0.25) is 4.90 Å². The van der Waals surface area contributed by atoms with Crippen LogP contribution in [0.1, 0.15) is 38.5 Å². The van der Waals surface area contributed by atoms with E-state index in [1.165, 1.54) is 25.7 Å². The molecule has 0 atom stereocenters. The summed E-state index contributed by atoms with van der Waals surface area (Å²) in [5.74, 6) is 0. The van der Waals surface area contributed by atoms with Gasteiger partial charge in [-0.1, -0.05) is 0 Å². The minimum absolute atomic E-state index is 0.392. The molecule has 1 saturated heterocycles. The van der Waals surface area contributed by atoms with Gasteiger partial charge in [-0.25, -0.2) is 0 Å². The Balaban J connectivity index is 2.00. The van der Waals surface area contributed by atoms with E-state index in [1.54, 1.807) is 0 Å². The third kappa shape index (κ3) is 1.30. The minimum Gasteiger partial charge on any atom is -0.376 e. The van der Waals surface area contributed by atoms with Crippen LogP contribution in [0.4, 0.5) is 0 Å². The quantitative estimate of drug-likeness (QED) is 0.617. The molecule has 2 aliphatic rings. The number of rotatable bonds is 1. The molecule has 1 aliphatic heterocycles. The maximum Gasteiger partial charge on any atom is 0.118 e. The number of nitrogens with zero attached hydrogens (tertiary/aromatic N) is 1. The van der Waals surface area contributed by atoms with Crippen LogP contribution in [0.3, 0.4) is 0 Å². The normalized spacial score (nSPS) is 31.4. The summed E-state index contributed by atoms with van der Waals surface area (Å²) < 4.78 is 0. The molecule has 2 nitrogen and oxygen atoms in total. The molecule has 1 N–H and O–H groups in total. The van der Waals surface area contributed by atoms with Crippen molar-refractivity contribution in [1.82, 2.24) is 4.90 Å². The van der Waals surface area contributed by atoms with Crippen LogP contribution in [0.15, 0.2) is 0 Å². The highest BCUT2D eigenvalue weighted by atomic mass is 16.3. The second kappa shape index (κ2) is 2.76. The molecule has 0 aromatic rings. The molecular formula is C9H17NO. The Morgan fingerprint density at radius 1 is 0.909 bits per heavy atom. The molecule has 0 amide bonds. The molecule has 1 aliphatic carbocycles. The number of hydrogen-bond donors (Lipinski definition) is 1. The summed E-state index contributed by atoms with van der Waals surface area (Å²) in [5.41, 5.74) is -0.392. The molecule has 11 heavy (non-hydrogen) atoms. The smallest absolute Gasteiger partial charge is 0.118 e. The molecule has 2 rings (SSSR count). The lowest BCUT2D eigenvalue weighted by Gasteiger charge is -2.33. The van der Waals surface area contributed by atoms with Gasteiger partial charge in [0.2, 0.25) is 0 Å². The third-order valence-electron chi connectivity index (χ3n) is 3.10.